The van der Waals surface area contributed by atoms with E-state index in [9.17, 15) is 4.79 Å². The van der Waals surface area contributed by atoms with E-state index < -0.39 is 5.97 Å². The predicted octanol–water partition coefficient (Wildman–Crippen LogP) is 1.98. The van der Waals surface area contributed by atoms with Crippen LogP contribution in [0.15, 0.2) is 23.8 Å². The number of carboxylic acids is 1. The van der Waals surface area contributed by atoms with Gasteiger partial charge in [-0.05, 0) is 25.2 Å². The van der Waals surface area contributed by atoms with Crippen molar-refractivity contribution in [2.45, 2.75) is 19.3 Å². The Labute approximate surface area is 71.6 Å². The molecule has 0 bridgehead atoms. The fraction of sp³-hybridized carbons (Fsp3) is 0.500. The number of hydrogen-bond acceptors (Lipinski definition) is 1. The lowest BCUT2D eigenvalue weighted by molar-refractivity contribution is -0.140. The first-order valence-corrected chi connectivity index (χ1v) is 4.38. The van der Waals surface area contributed by atoms with Crippen molar-refractivity contribution < 1.29 is 9.90 Å². The summed E-state index contributed by atoms with van der Waals surface area (Å²) < 4.78 is 0. The Hall–Kier alpha value is -1.05. The molecule has 0 amide bonds. The number of rotatable bonds is 1. The van der Waals surface area contributed by atoms with Crippen LogP contribution in [0.2, 0.25) is 0 Å². The van der Waals surface area contributed by atoms with E-state index >= 15 is 0 Å². The largest absolute Gasteiger partial charge is 0.481 e. The van der Waals surface area contributed by atoms with Crippen LogP contribution in [0.1, 0.15) is 19.3 Å². The standard InChI is InChI=1S/C10H12O2/c11-10(12)9-6-5-7-3-1-2-4-8(7)9/h1-2,4,7,9H,3,5-6H2,(H,11,12). The van der Waals surface area contributed by atoms with Crippen molar-refractivity contribution in [1.82, 2.24) is 0 Å². The maximum atomic E-state index is 10.8. The quantitative estimate of drug-likeness (QED) is 0.643. The van der Waals surface area contributed by atoms with Crippen LogP contribution in [0.3, 0.4) is 0 Å². The Kier molecular flexibility index (Phi) is 1.75. The Morgan fingerprint density at radius 2 is 2.33 bits per heavy atom. The Morgan fingerprint density at radius 3 is 3.08 bits per heavy atom. The van der Waals surface area contributed by atoms with Gasteiger partial charge in [0.1, 0.15) is 0 Å². The van der Waals surface area contributed by atoms with E-state index in [2.05, 4.69) is 6.08 Å². The van der Waals surface area contributed by atoms with E-state index in [1.165, 1.54) is 0 Å². The monoisotopic (exact) mass is 164 g/mol. The summed E-state index contributed by atoms with van der Waals surface area (Å²) in [5, 5.41) is 8.89. The van der Waals surface area contributed by atoms with Crippen LogP contribution in [0.5, 0.6) is 0 Å². The van der Waals surface area contributed by atoms with Gasteiger partial charge in [-0.2, -0.15) is 0 Å². The molecule has 2 rings (SSSR count). The molecule has 0 heterocycles. The summed E-state index contributed by atoms with van der Waals surface area (Å²) >= 11 is 0. The highest BCUT2D eigenvalue weighted by Crippen LogP contribution is 2.40. The van der Waals surface area contributed by atoms with Gasteiger partial charge in [0.05, 0.1) is 5.92 Å². The third-order valence-corrected chi connectivity index (χ3v) is 2.82. The average molecular weight is 164 g/mol. The minimum Gasteiger partial charge on any atom is -0.481 e. The molecule has 2 heteroatoms. The Balaban J connectivity index is 2.25. The van der Waals surface area contributed by atoms with Gasteiger partial charge in [0.25, 0.3) is 0 Å². The van der Waals surface area contributed by atoms with Gasteiger partial charge in [0.2, 0.25) is 0 Å². The second-order valence-corrected chi connectivity index (χ2v) is 3.50. The molecule has 1 N–H and O–H groups in total. The molecule has 12 heavy (non-hydrogen) atoms. The molecule has 2 nitrogen and oxygen atoms in total. The van der Waals surface area contributed by atoms with Crippen LogP contribution in [0, 0.1) is 11.8 Å². The third kappa shape index (κ3) is 1.07. The van der Waals surface area contributed by atoms with Crippen molar-refractivity contribution in [1.29, 1.82) is 0 Å². The highest BCUT2D eigenvalue weighted by Gasteiger charge is 2.34. The van der Waals surface area contributed by atoms with E-state index in [4.69, 9.17) is 5.11 Å². The molecule has 2 aliphatic carbocycles. The first kappa shape index (κ1) is 7.59. The molecule has 64 valence electrons. The third-order valence-electron chi connectivity index (χ3n) is 2.82. The highest BCUT2D eigenvalue weighted by molar-refractivity contribution is 5.74. The number of carboxylic acid groups (broad SMARTS) is 1. The zero-order valence-electron chi connectivity index (χ0n) is 6.86. The smallest absolute Gasteiger partial charge is 0.310 e. The van der Waals surface area contributed by atoms with Crippen molar-refractivity contribution in [3.8, 4) is 0 Å². The molecule has 0 radical (unpaired) electrons. The number of allylic oxidation sites excluding steroid dienone is 3. The first-order chi connectivity index (χ1) is 5.79. The fourth-order valence-electron chi connectivity index (χ4n) is 2.18. The summed E-state index contributed by atoms with van der Waals surface area (Å²) in [4.78, 5) is 10.8. The minimum absolute atomic E-state index is 0.194. The van der Waals surface area contributed by atoms with Crippen LogP contribution < -0.4 is 0 Å². The summed E-state index contributed by atoms with van der Waals surface area (Å²) in [7, 11) is 0. The second kappa shape index (κ2) is 2.77. The van der Waals surface area contributed by atoms with E-state index in [0.29, 0.717) is 5.92 Å². The molecule has 2 unspecified atom stereocenters. The van der Waals surface area contributed by atoms with E-state index in [0.717, 1.165) is 24.8 Å². The van der Waals surface area contributed by atoms with Gasteiger partial charge in [0, 0.05) is 0 Å². The molecular formula is C10H12O2. The zero-order chi connectivity index (χ0) is 8.55. The molecule has 1 fully saturated rings. The van der Waals surface area contributed by atoms with Crippen molar-refractivity contribution in [2.24, 2.45) is 11.8 Å². The van der Waals surface area contributed by atoms with Gasteiger partial charge in [0.15, 0.2) is 0 Å². The topological polar surface area (TPSA) is 37.3 Å². The molecular weight excluding hydrogens is 152 g/mol. The van der Waals surface area contributed by atoms with Crippen LogP contribution in [-0.2, 0) is 4.79 Å². The molecule has 0 spiro atoms. The highest BCUT2D eigenvalue weighted by atomic mass is 16.4. The SMILES string of the molecule is O=C(O)C1CCC2CC=CC=C21. The molecule has 2 atom stereocenters. The van der Waals surface area contributed by atoms with Crippen molar-refractivity contribution >= 4 is 5.97 Å². The van der Waals surface area contributed by atoms with E-state index in [1.807, 2.05) is 12.2 Å². The second-order valence-electron chi connectivity index (χ2n) is 3.50. The summed E-state index contributed by atoms with van der Waals surface area (Å²) in [6.07, 6.45) is 9.00. The first-order valence-electron chi connectivity index (χ1n) is 4.38. The van der Waals surface area contributed by atoms with Gasteiger partial charge < -0.3 is 5.11 Å². The number of fused-ring (bicyclic) bond motifs is 1. The lowest BCUT2D eigenvalue weighted by atomic mass is 9.91. The molecule has 0 aromatic carbocycles. The maximum Gasteiger partial charge on any atom is 0.310 e. The van der Waals surface area contributed by atoms with Crippen LogP contribution in [-0.4, -0.2) is 11.1 Å². The average Bonchev–Trinajstić information content (AvgIpc) is 2.47. The molecule has 1 saturated carbocycles. The summed E-state index contributed by atoms with van der Waals surface area (Å²) in [5.74, 6) is -0.324. The van der Waals surface area contributed by atoms with Gasteiger partial charge in [-0.25, -0.2) is 0 Å². The Morgan fingerprint density at radius 1 is 1.50 bits per heavy atom. The lowest BCUT2D eigenvalue weighted by Gasteiger charge is -2.14. The predicted molar refractivity (Wildman–Crippen MR) is 45.7 cm³/mol. The lowest BCUT2D eigenvalue weighted by Crippen LogP contribution is -2.13. The molecule has 2 aliphatic rings. The van der Waals surface area contributed by atoms with Crippen molar-refractivity contribution in [3.05, 3.63) is 23.8 Å². The van der Waals surface area contributed by atoms with Crippen molar-refractivity contribution in [2.75, 3.05) is 0 Å². The number of hydrogen-bond donors (Lipinski definition) is 1. The van der Waals surface area contributed by atoms with Gasteiger partial charge in [-0.15, -0.1) is 0 Å². The van der Waals surface area contributed by atoms with Crippen molar-refractivity contribution in [3.63, 3.8) is 0 Å². The van der Waals surface area contributed by atoms with Crippen LogP contribution in [0.25, 0.3) is 0 Å². The van der Waals surface area contributed by atoms with Gasteiger partial charge >= 0.3 is 5.97 Å². The van der Waals surface area contributed by atoms with Crippen LogP contribution >= 0.6 is 0 Å². The molecule has 0 aromatic rings. The van der Waals surface area contributed by atoms with E-state index in [1.54, 1.807) is 0 Å². The normalized spacial score (nSPS) is 32.8. The molecule has 0 saturated heterocycles. The van der Waals surface area contributed by atoms with Gasteiger partial charge in [-0.1, -0.05) is 23.8 Å². The summed E-state index contributed by atoms with van der Waals surface area (Å²) in [6.45, 7) is 0. The number of carbonyl (C=O) groups is 1. The fourth-order valence-corrected chi connectivity index (χ4v) is 2.18. The zero-order valence-corrected chi connectivity index (χ0v) is 6.86. The van der Waals surface area contributed by atoms with Crippen LogP contribution in [0.4, 0.5) is 0 Å². The maximum absolute atomic E-state index is 10.8. The number of aliphatic carboxylic acids is 1. The van der Waals surface area contributed by atoms with Gasteiger partial charge in [-0.3, -0.25) is 4.79 Å². The minimum atomic E-state index is -0.654. The summed E-state index contributed by atoms with van der Waals surface area (Å²) in [6, 6.07) is 0. The van der Waals surface area contributed by atoms with E-state index in [-0.39, 0.29) is 5.92 Å². The Bertz CT molecular complexity index is 263. The summed E-state index contributed by atoms with van der Waals surface area (Å²) in [5.41, 5.74) is 1.14. The molecule has 0 aromatic heterocycles. The molecule has 0 aliphatic heterocycles.